The first-order valence-corrected chi connectivity index (χ1v) is 10.6. The molecular weight excluding hydrogens is 402 g/mol. The standard InChI is InChI=1S/C21H21N5O3S/c1-14-20(23-24-25(14)15-7-6-8-16(13-15)26(28)29)21(27)22-18-11-4-5-12-19(18)30-17-9-2-3-10-17/h4-8,11-13,17H,2-3,9-10H2,1H3,(H,22,27). The number of rotatable bonds is 6. The molecule has 4 rings (SSSR count). The highest BCUT2D eigenvalue weighted by molar-refractivity contribution is 8.00. The van der Waals surface area contributed by atoms with Gasteiger partial charge in [-0.05, 0) is 38.0 Å². The fourth-order valence-electron chi connectivity index (χ4n) is 3.56. The van der Waals surface area contributed by atoms with Gasteiger partial charge in [0.15, 0.2) is 5.69 Å². The fraction of sp³-hybridized carbons (Fsp3) is 0.286. The van der Waals surface area contributed by atoms with Gasteiger partial charge in [0.1, 0.15) is 0 Å². The maximum absolute atomic E-state index is 12.9. The number of amides is 1. The zero-order valence-electron chi connectivity index (χ0n) is 16.4. The molecule has 0 atom stereocenters. The maximum Gasteiger partial charge on any atom is 0.278 e. The number of anilines is 1. The highest BCUT2D eigenvalue weighted by atomic mass is 32.2. The normalized spacial score (nSPS) is 14.0. The summed E-state index contributed by atoms with van der Waals surface area (Å²) in [6.45, 7) is 1.72. The second-order valence-corrected chi connectivity index (χ2v) is 8.53. The summed E-state index contributed by atoms with van der Waals surface area (Å²) in [6, 6.07) is 13.8. The van der Waals surface area contributed by atoms with Crippen LogP contribution in [0.1, 0.15) is 41.9 Å². The Hall–Kier alpha value is -3.20. The third-order valence-corrected chi connectivity index (χ3v) is 6.54. The van der Waals surface area contributed by atoms with E-state index >= 15 is 0 Å². The molecule has 8 nitrogen and oxygen atoms in total. The van der Waals surface area contributed by atoms with Crippen LogP contribution in [0.2, 0.25) is 0 Å². The summed E-state index contributed by atoms with van der Waals surface area (Å²) in [6.07, 6.45) is 4.91. The molecule has 0 bridgehead atoms. The molecule has 1 N–H and O–H groups in total. The number of carbonyl (C=O) groups excluding carboxylic acids is 1. The molecule has 30 heavy (non-hydrogen) atoms. The smallest absolute Gasteiger partial charge is 0.278 e. The molecule has 0 saturated heterocycles. The van der Waals surface area contributed by atoms with Crippen molar-refractivity contribution in [2.45, 2.75) is 42.8 Å². The molecule has 1 fully saturated rings. The minimum absolute atomic E-state index is 0.0498. The van der Waals surface area contributed by atoms with Gasteiger partial charge < -0.3 is 5.32 Å². The Morgan fingerprint density at radius 1 is 1.20 bits per heavy atom. The molecule has 0 unspecified atom stereocenters. The molecule has 154 valence electrons. The molecule has 3 aromatic rings. The molecule has 0 spiro atoms. The largest absolute Gasteiger partial charge is 0.319 e. The summed E-state index contributed by atoms with van der Waals surface area (Å²) in [5.74, 6) is -0.358. The first-order valence-electron chi connectivity index (χ1n) is 9.77. The van der Waals surface area contributed by atoms with Gasteiger partial charge in [-0.3, -0.25) is 14.9 Å². The first-order chi connectivity index (χ1) is 14.5. The number of thioether (sulfide) groups is 1. The minimum atomic E-state index is -0.470. The molecule has 1 aliphatic rings. The number of hydrogen-bond donors (Lipinski definition) is 1. The monoisotopic (exact) mass is 423 g/mol. The Morgan fingerprint density at radius 2 is 1.97 bits per heavy atom. The van der Waals surface area contributed by atoms with Crippen molar-refractivity contribution in [3.8, 4) is 5.69 Å². The molecule has 0 radical (unpaired) electrons. The molecule has 1 saturated carbocycles. The summed E-state index contributed by atoms with van der Waals surface area (Å²) in [5, 5.41) is 22.6. The Bertz CT molecular complexity index is 1090. The van der Waals surface area contributed by atoms with E-state index in [1.165, 1.54) is 42.5 Å². The number of nitrogens with one attached hydrogen (secondary N) is 1. The van der Waals surface area contributed by atoms with Gasteiger partial charge in [0, 0.05) is 22.3 Å². The molecule has 1 aliphatic carbocycles. The predicted octanol–water partition coefficient (Wildman–Crippen LogP) is 4.77. The van der Waals surface area contributed by atoms with Crippen LogP contribution in [0.3, 0.4) is 0 Å². The van der Waals surface area contributed by atoms with E-state index in [4.69, 9.17) is 0 Å². The second kappa shape index (κ2) is 8.66. The lowest BCUT2D eigenvalue weighted by molar-refractivity contribution is -0.384. The maximum atomic E-state index is 12.9. The molecule has 1 aromatic heterocycles. The van der Waals surface area contributed by atoms with Gasteiger partial charge in [-0.1, -0.05) is 36.3 Å². The van der Waals surface area contributed by atoms with Crippen molar-refractivity contribution in [1.29, 1.82) is 0 Å². The highest BCUT2D eigenvalue weighted by Gasteiger charge is 2.21. The van der Waals surface area contributed by atoms with Crippen LogP contribution in [0.5, 0.6) is 0 Å². The van der Waals surface area contributed by atoms with Crippen molar-refractivity contribution in [3.05, 3.63) is 70.0 Å². The van der Waals surface area contributed by atoms with Crippen LogP contribution < -0.4 is 5.32 Å². The molecule has 1 heterocycles. The fourth-order valence-corrected chi connectivity index (χ4v) is 4.89. The zero-order valence-corrected chi connectivity index (χ0v) is 17.3. The van der Waals surface area contributed by atoms with E-state index in [-0.39, 0.29) is 17.3 Å². The highest BCUT2D eigenvalue weighted by Crippen LogP contribution is 2.38. The van der Waals surface area contributed by atoms with Crippen LogP contribution in [0.4, 0.5) is 11.4 Å². The predicted molar refractivity (Wildman–Crippen MR) is 115 cm³/mol. The molecular formula is C21H21N5O3S. The Labute approximate surface area is 177 Å². The van der Waals surface area contributed by atoms with Crippen LogP contribution in [0, 0.1) is 17.0 Å². The quantitative estimate of drug-likeness (QED) is 0.452. The van der Waals surface area contributed by atoms with Crippen LogP contribution in [0.25, 0.3) is 5.69 Å². The van der Waals surface area contributed by atoms with E-state index in [2.05, 4.69) is 15.6 Å². The minimum Gasteiger partial charge on any atom is -0.319 e. The van der Waals surface area contributed by atoms with E-state index in [0.717, 1.165) is 10.6 Å². The second-order valence-electron chi connectivity index (χ2n) is 7.19. The lowest BCUT2D eigenvalue weighted by atomic mass is 10.2. The Kier molecular flexibility index (Phi) is 5.80. The van der Waals surface area contributed by atoms with E-state index in [0.29, 0.717) is 16.6 Å². The van der Waals surface area contributed by atoms with Gasteiger partial charge in [-0.2, -0.15) is 0 Å². The van der Waals surface area contributed by atoms with Crippen LogP contribution >= 0.6 is 11.8 Å². The summed E-state index contributed by atoms with van der Waals surface area (Å²) < 4.78 is 1.43. The topological polar surface area (TPSA) is 103 Å². The van der Waals surface area contributed by atoms with Gasteiger partial charge in [0.2, 0.25) is 0 Å². The number of benzene rings is 2. The number of non-ortho nitro benzene ring substituents is 1. The van der Waals surface area contributed by atoms with Crippen LogP contribution in [-0.2, 0) is 0 Å². The van der Waals surface area contributed by atoms with E-state index in [9.17, 15) is 14.9 Å². The summed E-state index contributed by atoms with van der Waals surface area (Å²) in [4.78, 5) is 24.5. The molecule has 9 heteroatoms. The van der Waals surface area contributed by atoms with Crippen molar-refractivity contribution in [3.63, 3.8) is 0 Å². The average Bonchev–Trinajstić information content (AvgIpc) is 3.39. The van der Waals surface area contributed by atoms with Gasteiger partial charge in [0.25, 0.3) is 11.6 Å². The lowest BCUT2D eigenvalue weighted by Gasteiger charge is -2.13. The van der Waals surface area contributed by atoms with E-state index in [1.54, 1.807) is 30.8 Å². The number of nitrogens with zero attached hydrogens (tertiary/aromatic N) is 4. The van der Waals surface area contributed by atoms with Gasteiger partial charge in [-0.25, -0.2) is 4.68 Å². The van der Waals surface area contributed by atoms with Crippen molar-refractivity contribution in [2.75, 3.05) is 5.32 Å². The van der Waals surface area contributed by atoms with Gasteiger partial charge in [-0.15, -0.1) is 16.9 Å². The van der Waals surface area contributed by atoms with Gasteiger partial charge in [0.05, 0.1) is 22.0 Å². The van der Waals surface area contributed by atoms with Crippen molar-refractivity contribution >= 4 is 29.0 Å². The number of hydrogen-bond acceptors (Lipinski definition) is 6. The van der Waals surface area contributed by atoms with E-state index < -0.39 is 4.92 Å². The third-order valence-electron chi connectivity index (χ3n) is 5.13. The lowest BCUT2D eigenvalue weighted by Crippen LogP contribution is -2.15. The average molecular weight is 423 g/mol. The first kappa shape index (κ1) is 20.1. The SMILES string of the molecule is Cc1c(C(=O)Nc2ccccc2SC2CCCC2)nnn1-c1cccc([N+](=O)[O-])c1. The van der Waals surface area contributed by atoms with E-state index in [1.807, 2.05) is 24.3 Å². The van der Waals surface area contributed by atoms with Crippen molar-refractivity contribution in [1.82, 2.24) is 15.0 Å². The summed E-state index contributed by atoms with van der Waals surface area (Å²) >= 11 is 1.81. The number of carbonyl (C=O) groups is 1. The number of aromatic nitrogens is 3. The van der Waals surface area contributed by atoms with Crippen LogP contribution in [0.15, 0.2) is 53.4 Å². The molecule has 2 aromatic carbocycles. The number of para-hydroxylation sites is 1. The third kappa shape index (κ3) is 4.20. The Morgan fingerprint density at radius 3 is 2.73 bits per heavy atom. The number of nitro groups is 1. The van der Waals surface area contributed by atoms with Gasteiger partial charge >= 0.3 is 0 Å². The van der Waals surface area contributed by atoms with Crippen molar-refractivity contribution in [2.24, 2.45) is 0 Å². The molecule has 1 amide bonds. The van der Waals surface area contributed by atoms with Crippen LogP contribution in [-0.4, -0.2) is 31.1 Å². The summed E-state index contributed by atoms with van der Waals surface area (Å²) in [7, 11) is 0. The molecule has 0 aliphatic heterocycles. The summed E-state index contributed by atoms with van der Waals surface area (Å²) in [5.41, 5.74) is 1.87. The number of nitro benzene ring substituents is 1. The Balaban J connectivity index is 1.56. The van der Waals surface area contributed by atoms with Crippen molar-refractivity contribution < 1.29 is 9.72 Å². The zero-order chi connectivity index (χ0) is 21.1.